The number of benzene rings is 2. The second-order valence-electron chi connectivity index (χ2n) is 6.04. The Labute approximate surface area is 164 Å². The molecule has 0 unspecified atom stereocenters. The van der Waals surface area contributed by atoms with Crippen molar-refractivity contribution in [3.8, 4) is 5.75 Å². The van der Waals surface area contributed by atoms with E-state index in [2.05, 4.69) is 15.4 Å². The highest BCUT2D eigenvalue weighted by atomic mass is 32.2. The van der Waals surface area contributed by atoms with Crippen molar-refractivity contribution in [2.45, 2.75) is 18.7 Å². The average Bonchev–Trinajstić information content (AvgIpc) is 2.65. The number of anilines is 1. The smallest absolute Gasteiger partial charge is 0.251 e. The minimum atomic E-state index is -3.68. The van der Waals surface area contributed by atoms with Crippen LogP contribution < -0.4 is 20.1 Å². The van der Waals surface area contributed by atoms with Crippen molar-refractivity contribution in [3.63, 3.8) is 0 Å². The summed E-state index contributed by atoms with van der Waals surface area (Å²) in [6, 6.07) is 11.0. The molecule has 0 saturated heterocycles. The number of amides is 2. The van der Waals surface area contributed by atoms with E-state index in [1.54, 1.807) is 37.3 Å². The highest BCUT2D eigenvalue weighted by molar-refractivity contribution is 7.89. The summed E-state index contributed by atoms with van der Waals surface area (Å²) in [6.45, 7) is 3.33. The summed E-state index contributed by atoms with van der Waals surface area (Å²) < 4.78 is 32.2. The van der Waals surface area contributed by atoms with Gasteiger partial charge < -0.3 is 15.4 Å². The van der Waals surface area contributed by atoms with E-state index in [9.17, 15) is 18.0 Å². The Morgan fingerprint density at radius 2 is 1.71 bits per heavy atom. The maximum absolute atomic E-state index is 12.3. The van der Waals surface area contributed by atoms with E-state index in [1.807, 2.05) is 0 Å². The van der Waals surface area contributed by atoms with Crippen molar-refractivity contribution in [2.24, 2.45) is 0 Å². The maximum atomic E-state index is 12.3. The van der Waals surface area contributed by atoms with Crippen LogP contribution in [0.15, 0.2) is 47.4 Å². The summed E-state index contributed by atoms with van der Waals surface area (Å²) in [7, 11) is -2.17. The molecular formula is C19H23N3O5S. The normalized spacial score (nSPS) is 11.0. The van der Waals surface area contributed by atoms with Crippen LogP contribution in [0.5, 0.6) is 5.75 Å². The van der Waals surface area contributed by atoms with Crippen LogP contribution in [-0.2, 0) is 14.8 Å². The lowest BCUT2D eigenvalue weighted by atomic mass is 10.2. The molecule has 0 bridgehead atoms. The number of carbonyl (C=O) groups excluding carboxylic acids is 2. The molecule has 0 fully saturated rings. The molecule has 2 aromatic carbocycles. The monoisotopic (exact) mass is 405 g/mol. The zero-order valence-corrected chi connectivity index (χ0v) is 16.7. The maximum Gasteiger partial charge on any atom is 0.251 e. The largest absolute Gasteiger partial charge is 0.496 e. The highest BCUT2D eigenvalue weighted by Crippen LogP contribution is 2.21. The van der Waals surface area contributed by atoms with Gasteiger partial charge in [0.05, 0.1) is 12.0 Å². The number of sulfonamides is 1. The standard InChI is InChI=1S/C19H23N3O5S/c1-13-12-17(8-9-18(13)27-3)28(25,26)21-11-10-20-19(24)15-4-6-16(7-5-15)22-14(2)23/h4-9,12,21H,10-11H2,1-3H3,(H,20,24)(H,22,23). The number of carbonyl (C=O) groups is 2. The predicted molar refractivity (Wildman–Crippen MR) is 106 cm³/mol. The van der Waals surface area contributed by atoms with Gasteiger partial charge >= 0.3 is 0 Å². The lowest BCUT2D eigenvalue weighted by Gasteiger charge is -2.10. The first-order valence-corrected chi connectivity index (χ1v) is 10.0. The topological polar surface area (TPSA) is 114 Å². The summed E-state index contributed by atoms with van der Waals surface area (Å²) in [4.78, 5) is 23.2. The van der Waals surface area contributed by atoms with Crippen LogP contribution in [0, 0.1) is 6.92 Å². The lowest BCUT2D eigenvalue weighted by Crippen LogP contribution is -2.34. The fourth-order valence-electron chi connectivity index (χ4n) is 2.47. The van der Waals surface area contributed by atoms with E-state index < -0.39 is 10.0 Å². The Morgan fingerprint density at radius 3 is 2.29 bits per heavy atom. The van der Waals surface area contributed by atoms with E-state index in [4.69, 9.17) is 4.74 Å². The van der Waals surface area contributed by atoms with Crippen LogP contribution in [0.3, 0.4) is 0 Å². The van der Waals surface area contributed by atoms with Crippen LogP contribution >= 0.6 is 0 Å². The second kappa shape index (κ2) is 9.34. The minimum Gasteiger partial charge on any atom is -0.496 e. The first-order chi connectivity index (χ1) is 13.2. The minimum absolute atomic E-state index is 0.0448. The summed E-state index contributed by atoms with van der Waals surface area (Å²) in [6.07, 6.45) is 0. The number of hydrogen-bond acceptors (Lipinski definition) is 5. The molecule has 28 heavy (non-hydrogen) atoms. The van der Waals surface area contributed by atoms with Crippen molar-refractivity contribution in [1.29, 1.82) is 0 Å². The molecule has 150 valence electrons. The van der Waals surface area contributed by atoms with Crippen LogP contribution in [0.1, 0.15) is 22.8 Å². The Balaban J connectivity index is 1.86. The van der Waals surface area contributed by atoms with Gasteiger partial charge in [-0.3, -0.25) is 9.59 Å². The van der Waals surface area contributed by atoms with Gasteiger partial charge in [0.15, 0.2) is 0 Å². The first-order valence-electron chi connectivity index (χ1n) is 8.53. The Hall–Kier alpha value is -2.91. The second-order valence-corrected chi connectivity index (χ2v) is 7.81. The molecular weight excluding hydrogens is 382 g/mol. The van der Waals surface area contributed by atoms with Gasteiger partial charge in [0.2, 0.25) is 15.9 Å². The summed E-state index contributed by atoms with van der Waals surface area (Å²) >= 11 is 0. The van der Waals surface area contributed by atoms with Crippen molar-refractivity contribution in [1.82, 2.24) is 10.0 Å². The molecule has 8 nitrogen and oxygen atoms in total. The first kappa shape index (κ1) is 21.4. The molecule has 0 atom stereocenters. The number of rotatable bonds is 8. The third kappa shape index (κ3) is 5.80. The Kier molecular flexibility index (Phi) is 7.13. The van der Waals surface area contributed by atoms with Gasteiger partial charge in [-0.2, -0.15) is 0 Å². The molecule has 0 radical (unpaired) electrons. The van der Waals surface area contributed by atoms with Crippen LogP contribution in [0.4, 0.5) is 5.69 Å². The fourth-order valence-corrected chi connectivity index (χ4v) is 3.59. The quantitative estimate of drug-likeness (QED) is 0.578. The molecule has 0 aliphatic heterocycles. The summed E-state index contributed by atoms with van der Waals surface area (Å²) in [5, 5.41) is 5.25. The van der Waals surface area contributed by atoms with E-state index in [0.29, 0.717) is 22.6 Å². The molecule has 9 heteroatoms. The van der Waals surface area contributed by atoms with Gasteiger partial charge in [0.25, 0.3) is 5.91 Å². The highest BCUT2D eigenvalue weighted by Gasteiger charge is 2.15. The Morgan fingerprint density at radius 1 is 1.04 bits per heavy atom. The molecule has 0 heterocycles. The number of methoxy groups -OCH3 is 1. The molecule has 0 aliphatic rings. The zero-order valence-electron chi connectivity index (χ0n) is 15.9. The fraction of sp³-hybridized carbons (Fsp3) is 0.263. The van der Waals surface area contributed by atoms with Crippen molar-refractivity contribution in [2.75, 3.05) is 25.5 Å². The van der Waals surface area contributed by atoms with Crippen LogP contribution in [0.2, 0.25) is 0 Å². The SMILES string of the molecule is COc1ccc(S(=O)(=O)NCCNC(=O)c2ccc(NC(C)=O)cc2)cc1C. The van der Waals surface area contributed by atoms with Crippen LogP contribution in [-0.4, -0.2) is 40.4 Å². The number of nitrogens with one attached hydrogen (secondary N) is 3. The van der Waals surface area contributed by atoms with Crippen molar-refractivity contribution < 1.29 is 22.7 Å². The molecule has 0 spiro atoms. The van der Waals surface area contributed by atoms with Gasteiger partial charge in [-0.05, 0) is 55.0 Å². The van der Waals surface area contributed by atoms with E-state index in [-0.39, 0.29) is 29.8 Å². The molecule has 0 saturated carbocycles. The summed E-state index contributed by atoms with van der Waals surface area (Å²) in [5.74, 6) is 0.0705. The average molecular weight is 405 g/mol. The van der Waals surface area contributed by atoms with Gasteiger partial charge in [-0.1, -0.05) is 0 Å². The molecule has 0 aliphatic carbocycles. The lowest BCUT2D eigenvalue weighted by molar-refractivity contribution is -0.114. The zero-order chi connectivity index (χ0) is 20.7. The van der Waals surface area contributed by atoms with E-state index in [1.165, 1.54) is 26.2 Å². The molecule has 2 amide bonds. The van der Waals surface area contributed by atoms with Gasteiger partial charge in [-0.25, -0.2) is 13.1 Å². The number of ether oxygens (including phenoxy) is 1. The molecule has 0 aromatic heterocycles. The third-order valence-corrected chi connectivity index (χ3v) is 5.31. The summed E-state index contributed by atoms with van der Waals surface area (Å²) in [5.41, 5.74) is 1.70. The van der Waals surface area contributed by atoms with Crippen LogP contribution in [0.25, 0.3) is 0 Å². The van der Waals surface area contributed by atoms with Gasteiger partial charge in [0, 0.05) is 31.3 Å². The Bertz CT molecular complexity index is 956. The van der Waals surface area contributed by atoms with Crippen molar-refractivity contribution in [3.05, 3.63) is 53.6 Å². The van der Waals surface area contributed by atoms with E-state index >= 15 is 0 Å². The molecule has 3 N–H and O–H groups in total. The van der Waals surface area contributed by atoms with E-state index in [0.717, 1.165) is 0 Å². The molecule has 2 rings (SSSR count). The third-order valence-electron chi connectivity index (χ3n) is 3.85. The number of aryl methyl sites for hydroxylation is 1. The van der Waals surface area contributed by atoms with Gasteiger partial charge in [0.1, 0.15) is 5.75 Å². The predicted octanol–water partition coefficient (Wildman–Crippen LogP) is 1.67. The number of hydrogen-bond donors (Lipinski definition) is 3. The molecule has 2 aromatic rings. The van der Waals surface area contributed by atoms with Gasteiger partial charge in [-0.15, -0.1) is 0 Å². The van der Waals surface area contributed by atoms with Crippen molar-refractivity contribution >= 4 is 27.5 Å².